The lowest BCUT2D eigenvalue weighted by Crippen LogP contribution is -2.06. The smallest absolute Gasteiger partial charge is 0.323 e. The molecule has 0 spiro atoms. The van der Waals surface area contributed by atoms with Crippen molar-refractivity contribution in [3.63, 3.8) is 0 Å². The zero-order chi connectivity index (χ0) is 11.1. The molecular formula is C2H13Cl3N2O6P2. The first-order chi connectivity index (χ1) is 5.69. The van der Waals surface area contributed by atoms with Crippen molar-refractivity contribution in [2.45, 2.75) is 3.79 Å². The molecule has 98 valence electrons. The minimum atomic E-state index is -3.20. The number of halogens is 3. The van der Waals surface area contributed by atoms with Gasteiger partial charge in [-0.3, -0.25) is 9.13 Å². The van der Waals surface area contributed by atoms with Gasteiger partial charge in [-0.25, -0.2) is 4.31 Å². The number of hydrogen-bond acceptors (Lipinski definition) is 6. The topological polar surface area (TPSA) is 174 Å². The molecule has 0 amide bonds. The molecule has 0 heterocycles. The average Bonchev–Trinajstić information content (AvgIpc) is 1.84. The molecule has 0 rings (SSSR count). The van der Waals surface area contributed by atoms with Crippen LogP contribution in [0.25, 0.3) is 0 Å². The van der Waals surface area contributed by atoms with Crippen LogP contribution in [0.5, 0.6) is 0 Å². The van der Waals surface area contributed by atoms with Gasteiger partial charge in [0.05, 0.1) is 6.61 Å². The van der Waals surface area contributed by atoms with Crippen LogP contribution in [0.4, 0.5) is 0 Å². The second-order valence-corrected chi connectivity index (χ2v) is 5.80. The third-order valence-electron chi connectivity index (χ3n) is 0.354. The summed E-state index contributed by atoms with van der Waals surface area (Å²) in [4.78, 5) is 15.4. The number of aliphatic hydroxyl groups excluding tert-OH is 1. The fraction of sp³-hybridized carbons (Fsp3) is 1.00. The lowest BCUT2D eigenvalue weighted by Gasteiger charge is -2.01. The van der Waals surface area contributed by atoms with Crippen LogP contribution in [0.2, 0.25) is 0 Å². The zero-order valence-corrected chi connectivity index (χ0v) is 11.6. The van der Waals surface area contributed by atoms with Crippen LogP contribution in [-0.4, -0.2) is 25.3 Å². The van der Waals surface area contributed by atoms with Gasteiger partial charge in [0.1, 0.15) is 0 Å². The predicted molar refractivity (Wildman–Crippen MR) is 60.9 cm³/mol. The van der Waals surface area contributed by atoms with E-state index in [1.165, 1.54) is 0 Å². The molecule has 13 heteroatoms. The first-order valence-corrected chi connectivity index (χ1v) is 6.16. The van der Waals surface area contributed by atoms with Crippen molar-refractivity contribution in [2.24, 2.45) is 0 Å². The minimum absolute atomic E-state index is 0. The van der Waals surface area contributed by atoms with Crippen LogP contribution in [0.1, 0.15) is 0 Å². The molecule has 0 aromatic rings. The molecule has 15 heavy (non-hydrogen) atoms. The summed E-state index contributed by atoms with van der Waals surface area (Å²) < 4.78 is 20.8. The van der Waals surface area contributed by atoms with Gasteiger partial charge < -0.3 is 27.2 Å². The van der Waals surface area contributed by atoms with Gasteiger partial charge >= 0.3 is 16.5 Å². The second kappa shape index (κ2) is 13.2. The van der Waals surface area contributed by atoms with E-state index in [0.29, 0.717) is 0 Å². The van der Waals surface area contributed by atoms with Gasteiger partial charge in [0.15, 0.2) is 0 Å². The van der Waals surface area contributed by atoms with E-state index < -0.39 is 26.9 Å². The second-order valence-electron chi connectivity index (χ2n) is 1.41. The summed E-state index contributed by atoms with van der Waals surface area (Å²) in [6.45, 7) is -0.433. The molecule has 0 aromatic heterocycles. The molecule has 0 bridgehead atoms. The summed E-state index contributed by atoms with van der Waals surface area (Å²) in [7, 11) is -6.40. The summed E-state index contributed by atoms with van der Waals surface area (Å²) in [6, 6.07) is 0. The number of hydrogen-bond donors (Lipinski definition) is 5. The summed E-state index contributed by atoms with van der Waals surface area (Å²) in [5, 5.41) is 8.01. The molecule has 0 saturated heterocycles. The highest BCUT2D eigenvalue weighted by molar-refractivity contribution is 7.46. The van der Waals surface area contributed by atoms with E-state index in [1.807, 2.05) is 0 Å². The molecule has 0 aromatic carbocycles. The summed E-state index contributed by atoms with van der Waals surface area (Å²) in [5.74, 6) is 0. The van der Waals surface area contributed by atoms with Crippen molar-refractivity contribution in [3.05, 3.63) is 0 Å². The van der Waals surface area contributed by atoms with Crippen molar-refractivity contribution in [3.8, 4) is 0 Å². The van der Waals surface area contributed by atoms with Crippen molar-refractivity contribution in [1.29, 1.82) is 0 Å². The van der Waals surface area contributed by atoms with E-state index in [1.54, 1.807) is 0 Å². The average molecular weight is 329 g/mol. The number of alkyl halides is 3. The molecule has 9 N–H and O–H groups in total. The van der Waals surface area contributed by atoms with Crippen LogP contribution in [0.15, 0.2) is 0 Å². The maximum Gasteiger partial charge on any atom is 0.323 e. The molecule has 0 fully saturated rings. The Balaban J connectivity index is -0.0000000718. The molecule has 0 saturated carbocycles. The Labute approximate surface area is 103 Å². The van der Waals surface area contributed by atoms with E-state index in [2.05, 4.69) is 4.31 Å². The lowest BCUT2D eigenvalue weighted by atomic mass is 10.9. The Morgan fingerprint density at radius 1 is 1.07 bits per heavy atom. The fourth-order valence-corrected chi connectivity index (χ4v) is 0.672. The maximum absolute atomic E-state index is 9.44. The minimum Gasteiger partial charge on any atom is -0.392 e. The Hall–Kier alpha value is 1.09. The van der Waals surface area contributed by atoms with Crippen LogP contribution in [0, 0.1) is 0 Å². The maximum atomic E-state index is 9.44. The molecule has 0 radical (unpaired) electrons. The quantitative estimate of drug-likeness (QED) is 0.373. The number of aliphatic hydroxyl groups is 1. The van der Waals surface area contributed by atoms with E-state index in [0.717, 1.165) is 0 Å². The van der Waals surface area contributed by atoms with Gasteiger partial charge in [0, 0.05) is 0 Å². The van der Waals surface area contributed by atoms with Crippen LogP contribution >= 0.6 is 51.3 Å². The van der Waals surface area contributed by atoms with Gasteiger partial charge in [0.25, 0.3) is 0 Å². The van der Waals surface area contributed by atoms with Crippen molar-refractivity contribution >= 4 is 51.3 Å². The van der Waals surface area contributed by atoms with Gasteiger partial charge in [0.2, 0.25) is 3.79 Å². The SMILES string of the molecule is N.N.O=[PH](O)O[PH](=O)O.OCC(Cl)(Cl)Cl. The van der Waals surface area contributed by atoms with Crippen molar-refractivity contribution in [1.82, 2.24) is 12.3 Å². The van der Waals surface area contributed by atoms with Gasteiger partial charge in [-0.2, -0.15) is 0 Å². The van der Waals surface area contributed by atoms with Crippen molar-refractivity contribution < 1.29 is 28.3 Å². The third kappa shape index (κ3) is 39.5. The first kappa shape index (κ1) is 25.1. The summed E-state index contributed by atoms with van der Waals surface area (Å²) in [5.41, 5.74) is 0. The van der Waals surface area contributed by atoms with E-state index in [-0.39, 0.29) is 12.3 Å². The van der Waals surface area contributed by atoms with E-state index in [4.69, 9.17) is 49.7 Å². The van der Waals surface area contributed by atoms with Gasteiger partial charge in [-0.1, -0.05) is 34.8 Å². The molecule has 2 unspecified atom stereocenters. The normalized spacial score (nSPS) is 13.5. The standard InChI is InChI=1S/C2H3Cl3O.2H3N.H4O5P2/c3-2(4,5)1-6;;;1-6(2)5-7(3)4/h6H,1H2;2*1H3;6-7H,(H,1,2)(H,3,4). The fourth-order valence-electron chi connectivity index (χ4n) is 0.0747. The molecule has 0 aliphatic rings. The van der Waals surface area contributed by atoms with Crippen LogP contribution < -0.4 is 12.3 Å². The Kier molecular flexibility index (Phi) is 22.0. The first-order valence-electron chi connectivity index (χ1n) is 2.50. The van der Waals surface area contributed by atoms with Crippen molar-refractivity contribution in [2.75, 3.05) is 6.61 Å². The largest absolute Gasteiger partial charge is 0.392 e. The monoisotopic (exact) mass is 328 g/mol. The Morgan fingerprint density at radius 2 is 1.27 bits per heavy atom. The molecular weight excluding hydrogens is 316 g/mol. The summed E-state index contributed by atoms with van der Waals surface area (Å²) in [6.07, 6.45) is 0. The third-order valence-corrected chi connectivity index (χ3v) is 2.11. The highest BCUT2D eigenvalue weighted by atomic mass is 35.6. The lowest BCUT2D eigenvalue weighted by molar-refractivity contribution is 0.303. The van der Waals surface area contributed by atoms with E-state index in [9.17, 15) is 9.13 Å². The van der Waals surface area contributed by atoms with Gasteiger partial charge in [-0.05, 0) is 0 Å². The predicted octanol–water partition coefficient (Wildman–Crippen LogP) is 1.44. The molecule has 0 aliphatic heterocycles. The van der Waals surface area contributed by atoms with E-state index >= 15 is 0 Å². The van der Waals surface area contributed by atoms with Crippen LogP contribution in [-0.2, 0) is 13.4 Å². The molecule has 2 atom stereocenters. The zero-order valence-electron chi connectivity index (χ0n) is 7.32. The molecule has 0 aliphatic carbocycles. The highest BCUT2D eigenvalue weighted by Crippen LogP contribution is 2.30. The summed E-state index contributed by atoms with van der Waals surface area (Å²) >= 11 is 15.0. The Morgan fingerprint density at radius 3 is 1.27 bits per heavy atom. The molecule has 8 nitrogen and oxygen atoms in total. The van der Waals surface area contributed by atoms with Crippen LogP contribution in [0.3, 0.4) is 0 Å². The number of rotatable bonds is 2. The Bertz CT molecular complexity index is 176. The van der Waals surface area contributed by atoms with Gasteiger partial charge in [-0.15, -0.1) is 0 Å². The highest BCUT2D eigenvalue weighted by Gasteiger charge is 2.16.